The van der Waals surface area contributed by atoms with E-state index in [0.717, 1.165) is 24.7 Å². The van der Waals surface area contributed by atoms with Crippen LogP contribution in [0.4, 0.5) is 18.9 Å². The number of hydrogen-bond donors (Lipinski definition) is 1. The molecule has 0 aliphatic heterocycles. The van der Waals surface area contributed by atoms with Gasteiger partial charge in [-0.05, 0) is 37.1 Å². The number of nitrogens with one attached hydrogen (secondary N) is 1. The Labute approximate surface area is 186 Å². The number of rotatable bonds is 6. The monoisotopic (exact) mass is 446 g/mol. The molecule has 0 saturated heterocycles. The number of pyridine rings is 1. The van der Waals surface area contributed by atoms with E-state index in [1.165, 1.54) is 12.1 Å². The number of halogens is 3. The zero-order valence-electron chi connectivity index (χ0n) is 19.1. The lowest BCUT2D eigenvalue weighted by Gasteiger charge is -2.18. The second-order valence-corrected chi connectivity index (χ2v) is 9.08. The molecule has 8 heteroatoms. The van der Waals surface area contributed by atoms with Crippen LogP contribution in [0.1, 0.15) is 63.2 Å². The van der Waals surface area contributed by atoms with E-state index in [0.29, 0.717) is 34.5 Å². The number of imidazole rings is 1. The second kappa shape index (κ2) is 8.92. The molecule has 0 radical (unpaired) electrons. The molecule has 0 saturated carbocycles. The van der Waals surface area contributed by atoms with Gasteiger partial charge in [-0.15, -0.1) is 0 Å². The highest BCUT2D eigenvalue weighted by Crippen LogP contribution is 2.30. The van der Waals surface area contributed by atoms with E-state index in [1.807, 2.05) is 25.3 Å². The summed E-state index contributed by atoms with van der Waals surface area (Å²) in [5, 5.41) is 2.91. The molecule has 3 rings (SSSR count). The SMILES string of the molecule is CCCCc1nc2cc(NC(=O)C(C)(C)C)c(C)nc2n1Cc1cccc(C(F)(F)F)c1. The van der Waals surface area contributed by atoms with E-state index < -0.39 is 17.2 Å². The summed E-state index contributed by atoms with van der Waals surface area (Å²) in [5.41, 5.74) is 1.71. The van der Waals surface area contributed by atoms with Crippen molar-refractivity contribution in [2.75, 3.05) is 5.32 Å². The van der Waals surface area contributed by atoms with Crippen molar-refractivity contribution >= 4 is 22.8 Å². The van der Waals surface area contributed by atoms with Crippen LogP contribution < -0.4 is 5.32 Å². The van der Waals surface area contributed by atoms with Gasteiger partial charge in [-0.25, -0.2) is 9.97 Å². The summed E-state index contributed by atoms with van der Waals surface area (Å²) in [5.74, 6) is 0.641. The summed E-state index contributed by atoms with van der Waals surface area (Å²) in [6.07, 6.45) is -1.84. The average Bonchev–Trinajstić information content (AvgIpc) is 3.01. The minimum absolute atomic E-state index is 0.128. The molecule has 172 valence electrons. The summed E-state index contributed by atoms with van der Waals surface area (Å²) in [6.45, 7) is 9.59. The Morgan fingerprint density at radius 1 is 1.12 bits per heavy atom. The molecule has 0 bridgehead atoms. The number of unbranched alkanes of at least 4 members (excludes halogenated alkanes) is 1. The molecule has 0 spiro atoms. The van der Waals surface area contributed by atoms with Crippen LogP contribution in [0, 0.1) is 12.3 Å². The quantitative estimate of drug-likeness (QED) is 0.495. The smallest absolute Gasteiger partial charge is 0.324 e. The molecule has 2 heterocycles. The molecule has 0 unspecified atom stereocenters. The fraction of sp³-hybridized carbons (Fsp3) is 0.458. The first-order valence-corrected chi connectivity index (χ1v) is 10.7. The molecule has 0 fully saturated rings. The number of benzene rings is 1. The van der Waals surface area contributed by atoms with Crippen LogP contribution in [-0.2, 0) is 23.9 Å². The van der Waals surface area contributed by atoms with Crippen molar-refractivity contribution in [3.63, 3.8) is 0 Å². The summed E-state index contributed by atoms with van der Waals surface area (Å²) < 4.78 is 41.4. The van der Waals surface area contributed by atoms with Crippen LogP contribution >= 0.6 is 0 Å². The molecular formula is C24H29F3N4O. The molecular weight excluding hydrogens is 417 g/mol. The standard InChI is InChI=1S/C24H29F3N4O/c1-6-7-11-20-29-19-13-18(30-22(32)23(3,4)5)15(2)28-21(19)31(20)14-16-9-8-10-17(12-16)24(25,26)27/h8-10,12-13H,6-7,11,14H2,1-5H3,(H,30,32). The van der Waals surface area contributed by atoms with E-state index in [4.69, 9.17) is 4.98 Å². The molecule has 0 aliphatic rings. The highest BCUT2D eigenvalue weighted by Gasteiger charge is 2.30. The molecule has 1 N–H and O–H groups in total. The molecule has 32 heavy (non-hydrogen) atoms. The number of amides is 1. The van der Waals surface area contributed by atoms with Crippen molar-refractivity contribution in [1.82, 2.24) is 14.5 Å². The second-order valence-electron chi connectivity index (χ2n) is 9.08. The van der Waals surface area contributed by atoms with Crippen molar-refractivity contribution < 1.29 is 18.0 Å². The minimum Gasteiger partial charge on any atom is -0.324 e. The van der Waals surface area contributed by atoms with Crippen molar-refractivity contribution in [2.24, 2.45) is 5.41 Å². The van der Waals surface area contributed by atoms with Crippen LogP contribution in [0.5, 0.6) is 0 Å². The van der Waals surface area contributed by atoms with Gasteiger partial charge in [-0.1, -0.05) is 46.2 Å². The largest absolute Gasteiger partial charge is 0.416 e. The fourth-order valence-corrected chi connectivity index (χ4v) is 3.34. The van der Waals surface area contributed by atoms with Crippen LogP contribution in [0.2, 0.25) is 0 Å². The third-order valence-corrected chi connectivity index (χ3v) is 5.27. The number of aryl methyl sites for hydroxylation is 2. The van der Waals surface area contributed by atoms with E-state index in [-0.39, 0.29) is 12.5 Å². The summed E-state index contributed by atoms with van der Waals surface area (Å²) in [6, 6.07) is 7.12. The van der Waals surface area contributed by atoms with Gasteiger partial charge in [0.05, 0.1) is 23.5 Å². The fourth-order valence-electron chi connectivity index (χ4n) is 3.34. The number of carbonyl (C=O) groups is 1. The van der Waals surface area contributed by atoms with Crippen LogP contribution in [-0.4, -0.2) is 20.4 Å². The van der Waals surface area contributed by atoms with Gasteiger partial charge >= 0.3 is 6.18 Å². The van der Waals surface area contributed by atoms with E-state index in [9.17, 15) is 18.0 Å². The predicted octanol–water partition coefficient (Wildman–Crippen LogP) is 6.13. The normalized spacial score (nSPS) is 12.4. The van der Waals surface area contributed by atoms with Crippen molar-refractivity contribution in [3.8, 4) is 0 Å². The summed E-state index contributed by atoms with van der Waals surface area (Å²) in [7, 11) is 0. The number of aromatic nitrogens is 3. The van der Waals surface area contributed by atoms with Crippen molar-refractivity contribution in [3.05, 3.63) is 53.0 Å². The molecule has 5 nitrogen and oxygen atoms in total. The summed E-state index contributed by atoms with van der Waals surface area (Å²) in [4.78, 5) is 21.8. The van der Waals surface area contributed by atoms with Gasteiger partial charge in [0.2, 0.25) is 5.91 Å². The summed E-state index contributed by atoms with van der Waals surface area (Å²) >= 11 is 0. The lowest BCUT2D eigenvalue weighted by atomic mass is 9.95. The lowest BCUT2D eigenvalue weighted by Crippen LogP contribution is -2.28. The van der Waals surface area contributed by atoms with Gasteiger partial charge in [0, 0.05) is 11.8 Å². The van der Waals surface area contributed by atoms with Crippen molar-refractivity contribution in [2.45, 2.75) is 66.6 Å². The van der Waals surface area contributed by atoms with Gasteiger partial charge in [0.15, 0.2) is 5.65 Å². The number of anilines is 1. The Kier molecular flexibility index (Phi) is 6.62. The van der Waals surface area contributed by atoms with E-state index >= 15 is 0 Å². The Morgan fingerprint density at radius 2 is 1.84 bits per heavy atom. The van der Waals surface area contributed by atoms with Crippen LogP contribution in [0.15, 0.2) is 30.3 Å². The number of nitrogens with zero attached hydrogens (tertiary/aromatic N) is 3. The molecule has 3 aromatic rings. The maximum Gasteiger partial charge on any atom is 0.416 e. The topological polar surface area (TPSA) is 59.8 Å². The molecule has 2 aromatic heterocycles. The highest BCUT2D eigenvalue weighted by molar-refractivity contribution is 5.96. The van der Waals surface area contributed by atoms with Gasteiger partial charge in [-0.3, -0.25) is 4.79 Å². The van der Waals surface area contributed by atoms with E-state index in [2.05, 4.69) is 17.2 Å². The lowest BCUT2D eigenvalue weighted by molar-refractivity contribution is -0.137. The minimum atomic E-state index is -4.40. The van der Waals surface area contributed by atoms with Crippen molar-refractivity contribution in [1.29, 1.82) is 0 Å². The highest BCUT2D eigenvalue weighted by atomic mass is 19.4. The first-order valence-electron chi connectivity index (χ1n) is 10.7. The van der Waals surface area contributed by atoms with Gasteiger partial charge in [-0.2, -0.15) is 13.2 Å². The first kappa shape index (κ1) is 23.8. The number of carbonyl (C=O) groups excluding carboxylic acids is 1. The first-order chi connectivity index (χ1) is 14.9. The number of fused-ring (bicyclic) bond motifs is 1. The third kappa shape index (κ3) is 5.29. The Bertz CT molecular complexity index is 1130. The van der Waals surface area contributed by atoms with Crippen LogP contribution in [0.25, 0.3) is 11.2 Å². The van der Waals surface area contributed by atoms with Gasteiger partial charge in [0.25, 0.3) is 0 Å². The Balaban J connectivity index is 2.04. The Morgan fingerprint density at radius 3 is 2.47 bits per heavy atom. The number of alkyl halides is 3. The molecule has 0 aliphatic carbocycles. The third-order valence-electron chi connectivity index (χ3n) is 5.27. The van der Waals surface area contributed by atoms with Gasteiger partial charge < -0.3 is 9.88 Å². The average molecular weight is 447 g/mol. The molecule has 1 amide bonds. The maximum atomic E-state index is 13.2. The number of hydrogen-bond acceptors (Lipinski definition) is 3. The Hall–Kier alpha value is -2.90. The zero-order valence-corrected chi connectivity index (χ0v) is 19.1. The maximum absolute atomic E-state index is 13.2. The molecule has 0 atom stereocenters. The molecule has 1 aromatic carbocycles. The zero-order chi connectivity index (χ0) is 23.7. The van der Waals surface area contributed by atoms with E-state index in [1.54, 1.807) is 19.1 Å². The van der Waals surface area contributed by atoms with Gasteiger partial charge in [0.1, 0.15) is 11.3 Å². The van der Waals surface area contributed by atoms with Crippen LogP contribution in [0.3, 0.4) is 0 Å². The predicted molar refractivity (Wildman–Crippen MR) is 120 cm³/mol.